The van der Waals surface area contributed by atoms with Crippen molar-refractivity contribution in [3.05, 3.63) is 0 Å². The summed E-state index contributed by atoms with van der Waals surface area (Å²) in [6, 6.07) is 0. The number of hydrogen-bond donors (Lipinski definition) is 1. The van der Waals surface area contributed by atoms with Gasteiger partial charge in [0.25, 0.3) is 0 Å². The first-order valence-corrected chi connectivity index (χ1v) is 4.09. The minimum Gasteiger partial charge on any atom is -0.469 e. The third kappa shape index (κ3) is 1.71. The van der Waals surface area contributed by atoms with E-state index in [1.807, 2.05) is 6.92 Å². The summed E-state index contributed by atoms with van der Waals surface area (Å²) in [5.74, 6) is -0.0504. The molecule has 1 rings (SSSR count). The fraction of sp³-hybridized carbons (Fsp3) is 0.875. The van der Waals surface area contributed by atoms with Gasteiger partial charge in [-0.15, -0.1) is 0 Å². The summed E-state index contributed by atoms with van der Waals surface area (Å²) < 4.78 is 4.74. The van der Waals surface area contributed by atoms with Gasteiger partial charge in [-0.05, 0) is 6.92 Å². The topological polar surface area (TPSA) is 42.9 Å². The average Bonchev–Trinajstić information content (AvgIpc) is 2.04. The fourth-order valence-corrected chi connectivity index (χ4v) is 1.56. The summed E-state index contributed by atoms with van der Waals surface area (Å²) in [5.41, 5.74) is -0.205. The summed E-state index contributed by atoms with van der Waals surface area (Å²) in [5, 5.41) is 2.24. The number of quaternary nitrogens is 1. The smallest absolute Gasteiger partial charge is 0.311 e. The van der Waals surface area contributed by atoms with Gasteiger partial charge in [0.05, 0.1) is 25.6 Å². The summed E-state index contributed by atoms with van der Waals surface area (Å²) >= 11 is 0. The second kappa shape index (κ2) is 3.22. The van der Waals surface area contributed by atoms with Crippen molar-refractivity contribution in [2.24, 2.45) is 5.41 Å². The van der Waals surface area contributed by atoms with E-state index in [0.29, 0.717) is 0 Å². The van der Waals surface area contributed by atoms with Crippen molar-refractivity contribution in [3.8, 4) is 0 Å². The summed E-state index contributed by atoms with van der Waals surface area (Å²) in [6.07, 6.45) is 1.89. The Labute approximate surface area is 67.1 Å². The van der Waals surface area contributed by atoms with Gasteiger partial charge in [0.2, 0.25) is 0 Å². The molecule has 0 aromatic carbocycles. The van der Waals surface area contributed by atoms with E-state index >= 15 is 0 Å². The first kappa shape index (κ1) is 8.53. The Bertz CT molecular complexity index is 150. The van der Waals surface area contributed by atoms with E-state index < -0.39 is 0 Å². The Kier molecular flexibility index (Phi) is 2.49. The Morgan fingerprint density at radius 2 is 2.00 bits per heavy atom. The zero-order chi connectivity index (χ0) is 8.32. The van der Waals surface area contributed by atoms with Crippen molar-refractivity contribution in [1.29, 1.82) is 0 Å². The molecule has 1 fully saturated rings. The van der Waals surface area contributed by atoms with Crippen LogP contribution in [0.2, 0.25) is 0 Å². The molecule has 3 heteroatoms. The maximum absolute atomic E-state index is 11.3. The zero-order valence-corrected chi connectivity index (χ0v) is 7.22. The van der Waals surface area contributed by atoms with E-state index in [1.54, 1.807) is 0 Å². The Morgan fingerprint density at radius 1 is 1.45 bits per heavy atom. The van der Waals surface area contributed by atoms with E-state index in [0.717, 1.165) is 25.9 Å². The molecule has 0 atom stereocenters. The van der Waals surface area contributed by atoms with Gasteiger partial charge in [-0.25, -0.2) is 0 Å². The normalized spacial score (nSPS) is 22.7. The molecule has 0 amide bonds. The van der Waals surface area contributed by atoms with Crippen LogP contribution < -0.4 is 5.32 Å². The number of nitrogens with two attached hydrogens (primary N) is 1. The van der Waals surface area contributed by atoms with E-state index in [2.05, 4.69) is 5.32 Å². The minimum atomic E-state index is -0.205. The number of ether oxygens (including phenoxy) is 1. The van der Waals surface area contributed by atoms with Crippen LogP contribution in [0.3, 0.4) is 0 Å². The molecule has 0 bridgehead atoms. The lowest BCUT2D eigenvalue weighted by Crippen LogP contribution is -2.87. The highest BCUT2D eigenvalue weighted by Crippen LogP contribution is 2.27. The van der Waals surface area contributed by atoms with Crippen molar-refractivity contribution in [3.63, 3.8) is 0 Å². The molecule has 0 saturated carbocycles. The molecule has 11 heavy (non-hydrogen) atoms. The number of esters is 1. The van der Waals surface area contributed by atoms with Crippen LogP contribution in [0.25, 0.3) is 0 Å². The van der Waals surface area contributed by atoms with Crippen LogP contribution >= 0.6 is 0 Å². The second-order valence-electron chi connectivity index (χ2n) is 3.42. The molecule has 0 radical (unpaired) electrons. The molecular formula is C8H16NO2+. The van der Waals surface area contributed by atoms with Crippen LogP contribution in [-0.4, -0.2) is 26.2 Å². The molecule has 0 aromatic rings. The van der Waals surface area contributed by atoms with Crippen LogP contribution in [0.1, 0.15) is 19.8 Å². The largest absolute Gasteiger partial charge is 0.469 e. The highest BCUT2D eigenvalue weighted by molar-refractivity contribution is 5.76. The van der Waals surface area contributed by atoms with Gasteiger partial charge in [-0.1, -0.05) is 0 Å². The van der Waals surface area contributed by atoms with Gasteiger partial charge in [-0.3, -0.25) is 4.79 Å². The van der Waals surface area contributed by atoms with Gasteiger partial charge >= 0.3 is 5.97 Å². The van der Waals surface area contributed by atoms with Crippen LogP contribution in [0.5, 0.6) is 0 Å². The van der Waals surface area contributed by atoms with E-state index in [9.17, 15) is 4.79 Å². The molecule has 1 aliphatic heterocycles. The molecule has 1 heterocycles. The first-order chi connectivity index (χ1) is 5.19. The van der Waals surface area contributed by atoms with Crippen LogP contribution in [0.15, 0.2) is 0 Å². The fourth-order valence-electron chi connectivity index (χ4n) is 1.56. The van der Waals surface area contributed by atoms with E-state index in [1.165, 1.54) is 7.11 Å². The third-order valence-corrected chi connectivity index (χ3v) is 2.48. The van der Waals surface area contributed by atoms with Crippen LogP contribution in [0.4, 0.5) is 0 Å². The lowest BCUT2D eigenvalue weighted by Gasteiger charge is -2.28. The lowest BCUT2D eigenvalue weighted by atomic mass is 9.81. The molecule has 0 unspecified atom stereocenters. The third-order valence-electron chi connectivity index (χ3n) is 2.48. The first-order valence-electron chi connectivity index (χ1n) is 4.09. The zero-order valence-electron chi connectivity index (χ0n) is 7.22. The highest BCUT2D eigenvalue weighted by Gasteiger charge is 2.37. The highest BCUT2D eigenvalue weighted by atomic mass is 16.5. The van der Waals surface area contributed by atoms with Gasteiger partial charge in [0.15, 0.2) is 0 Å². The summed E-state index contributed by atoms with van der Waals surface area (Å²) in [6.45, 7) is 4.09. The predicted octanol–water partition coefficient (Wildman–Crippen LogP) is -0.477. The second-order valence-corrected chi connectivity index (χ2v) is 3.42. The number of rotatable bonds is 1. The van der Waals surface area contributed by atoms with Crippen LogP contribution in [-0.2, 0) is 9.53 Å². The Hall–Kier alpha value is -0.570. The Morgan fingerprint density at radius 3 is 2.45 bits per heavy atom. The molecule has 0 spiro atoms. The monoisotopic (exact) mass is 158 g/mol. The van der Waals surface area contributed by atoms with Gasteiger partial charge in [0, 0.05) is 12.8 Å². The van der Waals surface area contributed by atoms with Crippen molar-refractivity contribution < 1.29 is 14.8 Å². The molecule has 0 aromatic heterocycles. The molecule has 1 saturated heterocycles. The number of methoxy groups -OCH3 is 1. The predicted molar refractivity (Wildman–Crippen MR) is 41.0 cm³/mol. The van der Waals surface area contributed by atoms with E-state index in [4.69, 9.17) is 4.74 Å². The standard InChI is InChI=1S/C8H15NO2/c1-8(7(10)11-2)3-5-9-6-4-8/h9H,3-6H2,1-2H3/p+1. The van der Waals surface area contributed by atoms with Gasteiger partial charge in [0.1, 0.15) is 0 Å². The molecule has 0 aliphatic carbocycles. The maximum atomic E-state index is 11.3. The Balaban J connectivity index is 2.56. The maximum Gasteiger partial charge on any atom is 0.311 e. The number of hydrogen-bond acceptors (Lipinski definition) is 2. The SMILES string of the molecule is COC(=O)C1(C)CC[NH2+]CC1. The molecule has 1 aliphatic rings. The molecule has 2 N–H and O–H groups in total. The van der Waals surface area contributed by atoms with Crippen LogP contribution in [0, 0.1) is 5.41 Å². The van der Waals surface area contributed by atoms with Crippen molar-refractivity contribution >= 4 is 5.97 Å². The van der Waals surface area contributed by atoms with Gasteiger partial charge in [-0.2, -0.15) is 0 Å². The minimum absolute atomic E-state index is 0.0504. The summed E-state index contributed by atoms with van der Waals surface area (Å²) in [4.78, 5) is 11.3. The molecular weight excluding hydrogens is 142 g/mol. The van der Waals surface area contributed by atoms with E-state index in [-0.39, 0.29) is 11.4 Å². The summed E-state index contributed by atoms with van der Waals surface area (Å²) in [7, 11) is 1.46. The number of piperidine rings is 1. The van der Waals surface area contributed by atoms with Crippen molar-refractivity contribution in [1.82, 2.24) is 0 Å². The lowest BCUT2D eigenvalue weighted by molar-refractivity contribution is -0.666. The number of carbonyl (C=O) groups excluding carboxylic acids is 1. The number of carbonyl (C=O) groups is 1. The molecule has 64 valence electrons. The van der Waals surface area contributed by atoms with Gasteiger partial charge < -0.3 is 10.1 Å². The average molecular weight is 158 g/mol. The molecule has 3 nitrogen and oxygen atoms in total. The quantitative estimate of drug-likeness (QED) is 0.524. The van der Waals surface area contributed by atoms with Crippen molar-refractivity contribution in [2.75, 3.05) is 20.2 Å². The van der Waals surface area contributed by atoms with Crippen molar-refractivity contribution in [2.45, 2.75) is 19.8 Å².